The number of rotatable bonds is 2. The molecule has 2 N–H and O–H groups in total. The van der Waals surface area contributed by atoms with E-state index in [0.29, 0.717) is 10.9 Å². The largest absolute Gasteiger partial charge is 0.478 e. The smallest absolute Gasteiger partial charge is 0.338 e. The molecule has 7 heteroatoms. The van der Waals surface area contributed by atoms with E-state index >= 15 is 0 Å². The van der Waals surface area contributed by atoms with E-state index in [1.165, 1.54) is 22.6 Å². The number of carboxylic acid groups (broad SMARTS) is 1. The number of hydrogen-bond donors (Lipinski definition) is 2. The fraction of sp³-hybridized carbons (Fsp3) is 0.200. The van der Waals surface area contributed by atoms with E-state index in [4.69, 9.17) is 5.11 Å². The van der Waals surface area contributed by atoms with Gasteiger partial charge in [-0.3, -0.25) is 9.78 Å². The highest BCUT2D eigenvalue weighted by molar-refractivity contribution is 5.87. The van der Waals surface area contributed by atoms with Crippen LogP contribution in [0.5, 0.6) is 0 Å². The normalized spacial score (nSPS) is 13.5. The van der Waals surface area contributed by atoms with Gasteiger partial charge in [0.05, 0.1) is 22.7 Å². The summed E-state index contributed by atoms with van der Waals surface area (Å²) in [5, 5.41) is 13.5. The number of aromatic amines is 1. The maximum Gasteiger partial charge on any atom is 0.338 e. The van der Waals surface area contributed by atoms with Gasteiger partial charge in [0.1, 0.15) is 0 Å². The molecule has 7 nitrogen and oxygen atoms in total. The highest BCUT2D eigenvalue weighted by Crippen LogP contribution is 2.27. The molecular formula is C15H12N4O3. The first kappa shape index (κ1) is 12.8. The van der Waals surface area contributed by atoms with E-state index in [9.17, 15) is 9.59 Å². The van der Waals surface area contributed by atoms with Crippen LogP contribution in [0.4, 0.5) is 0 Å². The molecule has 0 amide bonds. The number of carboxylic acids is 1. The van der Waals surface area contributed by atoms with E-state index in [1.54, 1.807) is 6.07 Å². The number of H-pyrrole nitrogens is 1. The Balaban J connectivity index is 1.95. The lowest BCUT2D eigenvalue weighted by Crippen LogP contribution is -2.14. The van der Waals surface area contributed by atoms with Crippen LogP contribution in [0.2, 0.25) is 0 Å². The van der Waals surface area contributed by atoms with Crippen molar-refractivity contribution in [1.29, 1.82) is 0 Å². The summed E-state index contributed by atoms with van der Waals surface area (Å²) >= 11 is 0. The van der Waals surface area contributed by atoms with Crippen LogP contribution in [0.15, 0.2) is 29.3 Å². The summed E-state index contributed by atoms with van der Waals surface area (Å²) in [6.45, 7) is 0. The zero-order chi connectivity index (χ0) is 15.3. The number of carbonyl (C=O) groups is 1. The van der Waals surface area contributed by atoms with Gasteiger partial charge in [-0.15, -0.1) is 0 Å². The molecule has 0 bridgehead atoms. The van der Waals surface area contributed by atoms with Crippen LogP contribution < -0.4 is 5.56 Å². The number of hydrogen-bond acceptors (Lipinski definition) is 4. The Morgan fingerprint density at radius 1 is 1.32 bits per heavy atom. The number of nitrogens with zero attached hydrogens (tertiary/aromatic N) is 3. The molecule has 0 saturated heterocycles. The molecule has 3 aromatic rings. The molecule has 0 saturated carbocycles. The van der Waals surface area contributed by atoms with Gasteiger partial charge in [-0.25, -0.2) is 14.5 Å². The minimum atomic E-state index is -1.07. The molecule has 2 heterocycles. The highest BCUT2D eigenvalue weighted by Gasteiger charge is 2.18. The maximum atomic E-state index is 12.3. The van der Waals surface area contributed by atoms with Crippen molar-refractivity contribution in [3.63, 3.8) is 0 Å². The lowest BCUT2D eigenvalue weighted by atomic mass is 10.1. The number of aryl methyl sites for hydroxylation is 2. The first-order valence-corrected chi connectivity index (χ1v) is 6.96. The van der Waals surface area contributed by atoms with Gasteiger partial charge in [-0.1, -0.05) is 6.07 Å². The number of benzene rings is 1. The quantitative estimate of drug-likeness (QED) is 0.742. The number of nitrogens with one attached hydrogen (secondary N) is 1. The molecule has 4 rings (SSSR count). The number of aromatic carboxylic acids is 1. The highest BCUT2D eigenvalue weighted by atomic mass is 16.4. The third-order valence-corrected chi connectivity index (χ3v) is 3.99. The van der Waals surface area contributed by atoms with Crippen LogP contribution >= 0.6 is 0 Å². The first-order chi connectivity index (χ1) is 10.6. The van der Waals surface area contributed by atoms with Gasteiger partial charge in [-0.2, -0.15) is 5.10 Å². The van der Waals surface area contributed by atoms with E-state index in [0.717, 1.165) is 24.8 Å². The Morgan fingerprint density at radius 3 is 2.95 bits per heavy atom. The Hall–Kier alpha value is -2.96. The van der Waals surface area contributed by atoms with Crippen molar-refractivity contribution < 1.29 is 9.90 Å². The average Bonchev–Trinajstić information content (AvgIpc) is 3.16. The molecule has 110 valence electrons. The summed E-state index contributed by atoms with van der Waals surface area (Å²) in [4.78, 5) is 30.3. The van der Waals surface area contributed by atoms with Gasteiger partial charge < -0.3 is 5.11 Å². The fourth-order valence-electron chi connectivity index (χ4n) is 2.92. The van der Waals surface area contributed by atoms with E-state index in [-0.39, 0.29) is 17.1 Å². The van der Waals surface area contributed by atoms with E-state index in [2.05, 4.69) is 15.1 Å². The molecule has 0 spiro atoms. The van der Waals surface area contributed by atoms with Gasteiger partial charge in [0.25, 0.3) is 5.56 Å². The van der Waals surface area contributed by atoms with Crippen molar-refractivity contribution in [3.05, 3.63) is 51.6 Å². The second-order valence-electron chi connectivity index (χ2n) is 5.32. The van der Waals surface area contributed by atoms with Crippen LogP contribution in [0.1, 0.15) is 27.9 Å². The molecule has 1 aliphatic carbocycles. The molecule has 0 aliphatic heterocycles. The Morgan fingerprint density at radius 2 is 2.18 bits per heavy atom. The maximum absolute atomic E-state index is 12.3. The van der Waals surface area contributed by atoms with Gasteiger partial charge in [0.15, 0.2) is 0 Å². The Bertz CT molecular complexity index is 971. The predicted molar refractivity (Wildman–Crippen MR) is 78.5 cm³/mol. The lowest BCUT2D eigenvalue weighted by molar-refractivity contribution is 0.0697. The molecule has 1 aromatic carbocycles. The van der Waals surface area contributed by atoms with Crippen LogP contribution in [0, 0.1) is 0 Å². The number of aromatic nitrogens is 4. The van der Waals surface area contributed by atoms with Crippen LogP contribution in [0.25, 0.3) is 16.9 Å². The van der Waals surface area contributed by atoms with Crippen molar-refractivity contribution in [2.24, 2.45) is 0 Å². The van der Waals surface area contributed by atoms with Crippen molar-refractivity contribution in [2.45, 2.75) is 19.3 Å². The summed E-state index contributed by atoms with van der Waals surface area (Å²) in [5.74, 6) is -0.847. The molecule has 2 aromatic heterocycles. The summed E-state index contributed by atoms with van der Waals surface area (Å²) < 4.78 is 1.28. The van der Waals surface area contributed by atoms with E-state index < -0.39 is 5.97 Å². The average molecular weight is 296 g/mol. The van der Waals surface area contributed by atoms with Crippen molar-refractivity contribution >= 4 is 16.9 Å². The Kier molecular flexibility index (Phi) is 2.62. The topological polar surface area (TPSA) is 101 Å². The molecule has 1 aliphatic rings. The van der Waals surface area contributed by atoms with Crippen molar-refractivity contribution in [3.8, 4) is 5.95 Å². The summed E-state index contributed by atoms with van der Waals surface area (Å²) in [6.07, 6.45) is 5.52. The minimum absolute atomic E-state index is 0.0426. The van der Waals surface area contributed by atoms with Gasteiger partial charge in [0.2, 0.25) is 5.95 Å². The molecule has 0 atom stereocenters. The van der Waals surface area contributed by atoms with Crippen LogP contribution in [-0.2, 0) is 12.8 Å². The van der Waals surface area contributed by atoms with Crippen molar-refractivity contribution in [2.75, 3.05) is 0 Å². The molecule has 0 unspecified atom stereocenters. The van der Waals surface area contributed by atoms with Gasteiger partial charge >= 0.3 is 5.97 Å². The molecular weight excluding hydrogens is 284 g/mol. The number of fused-ring (bicyclic) bond motifs is 3. The van der Waals surface area contributed by atoms with E-state index in [1.807, 2.05) is 6.07 Å². The molecule has 0 fully saturated rings. The zero-order valence-corrected chi connectivity index (χ0v) is 11.5. The second-order valence-corrected chi connectivity index (χ2v) is 5.32. The van der Waals surface area contributed by atoms with Gasteiger partial charge in [0, 0.05) is 6.20 Å². The lowest BCUT2D eigenvalue weighted by Gasteiger charge is -2.06. The summed E-state index contributed by atoms with van der Waals surface area (Å²) in [5.41, 5.74) is 2.81. The van der Waals surface area contributed by atoms with Crippen molar-refractivity contribution in [1.82, 2.24) is 19.7 Å². The third kappa shape index (κ3) is 1.82. The summed E-state index contributed by atoms with van der Waals surface area (Å²) in [7, 11) is 0. The zero-order valence-electron chi connectivity index (χ0n) is 11.5. The van der Waals surface area contributed by atoms with Crippen LogP contribution in [0.3, 0.4) is 0 Å². The fourth-order valence-corrected chi connectivity index (χ4v) is 2.92. The summed E-state index contributed by atoms with van der Waals surface area (Å²) in [6, 6.07) is 3.78. The monoisotopic (exact) mass is 296 g/mol. The molecule has 22 heavy (non-hydrogen) atoms. The first-order valence-electron chi connectivity index (χ1n) is 6.96. The standard InChI is InChI=1S/C15H12N4O3/c20-13-11-5-4-8-2-1-3-10(8)12(11)17-15(18-13)19-7-9(6-16-19)14(21)22/h4-7H,1-3H2,(H,21,22)(H,17,18,20). The third-order valence-electron chi connectivity index (χ3n) is 3.99. The van der Waals surface area contributed by atoms with Crippen LogP contribution in [-0.4, -0.2) is 30.8 Å². The SMILES string of the molecule is O=C(O)c1cnn(-c2nc3c4c(ccc3c(=O)[nH]2)CCC4)c1. The predicted octanol–water partition coefficient (Wildman–Crippen LogP) is 1.30. The van der Waals surface area contributed by atoms with Gasteiger partial charge in [-0.05, 0) is 36.5 Å². The molecule has 0 radical (unpaired) electrons. The Labute approximate surface area is 124 Å². The second kappa shape index (κ2) is 4.52. The minimum Gasteiger partial charge on any atom is -0.478 e.